The Bertz CT molecular complexity index is 285. The molecule has 0 saturated heterocycles. The van der Waals surface area contributed by atoms with E-state index in [1.165, 1.54) is 0 Å². The van der Waals surface area contributed by atoms with Gasteiger partial charge in [-0.1, -0.05) is 20.8 Å². The third kappa shape index (κ3) is 4.28. The predicted octanol–water partition coefficient (Wildman–Crippen LogP) is 2.30. The molecule has 0 bridgehead atoms. The van der Waals surface area contributed by atoms with E-state index in [0.717, 1.165) is 11.5 Å². The summed E-state index contributed by atoms with van der Waals surface area (Å²) < 4.78 is 5.45. The summed E-state index contributed by atoms with van der Waals surface area (Å²) in [6.45, 7) is 8.40. The van der Waals surface area contributed by atoms with Crippen LogP contribution in [0.25, 0.3) is 0 Å². The third-order valence-electron chi connectivity index (χ3n) is 1.48. The second-order valence-corrected chi connectivity index (χ2v) is 3.74. The van der Waals surface area contributed by atoms with Crippen molar-refractivity contribution in [2.75, 3.05) is 0 Å². The van der Waals surface area contributed by atoms with E-state index in [1.54, 1.807) is 0 Å². The summed E-state index contributed by atoms with van der Waals surface area (Å²) >= 11 is 0. The van der Waals surface area contributed by atoms with Crippen LogP contribution in [0.3, 0.4) is 0 Å². The van der Waals surface area contributed by atoms with Gasteiger partial charge in [-0.15, -0.1) is 0 Å². The maximum absolute atomic E-state index is 8.12. The second kappa shape index (κ2) is 4.63. The average molecular weight is 182 g/mol. The molecule has 0 N–H and O–H groups in total. The molecule has 13 heavy (non-hydrogen) atoms. The van der Waals surface area contributed by atoms with Gasteiger partial charge in [-0.25, -0.2) is 0 Å². The van der Waals surface area contributed by atoms with Gasteiger partial charge in [0.25, 0.3) is 0 Å². The maximum Gasteiger partial charge on any atom is 0.373 e. The van der Waals surface area contributed by atoms with E-state index in [1.807, 2.05) is 19.1 Å². The van der Waals surface area contributed by atoms with Crippen molar-refractivity contribution in [3.63, 3.8) is 0 Å². The Balaban J connectivity index is 0.000000424. The molecule has 0 radical (unpaired) electrons. The first-order valence-corrected chi connectivity index (χ1v) is 3.98. The molecule has 72 valence electrons. The first kappa shape index (κ1) is 11.7. The van der Waals surface area contributed by atoms with E-state index in [9.17, 15) is 0 Å². The maximum atomic E-state index is 8.12. The molecule has 3 nitrogen and oxygen atoms in total. The molecule has 0 atom stereocenters. The highest BCUT2D eigenvalue weighted by Gasteiger charge is 2.16. The molecular formula is C10H14O3. The molecule has 0 aliphatic rings. The van der Waals surface area contributed by atoms with Gasteiger partial charge >= 0.3 is 6.15 Å². The molecular weight excluding hydrogens is 168 g/mol. The van der Waals surface area contributed by atoms with Crippen molar-refractivity contribution < 1.29 is 14.0 Å². The van der Waals surface area contributed by atoms with Gasteiger partial charge in [-0.3, -0.25) is 0 Å². The van der Waals surface area contributed by atoms with Gasteiger partial charge in [-0.05, 0) is 19.1 Å². The van der Waals surface area contributed by atoms with Crippen LogP contribution in [0, 0.1) is 6.92 Å². The molecule has 1 rings (SSSR count). The molecule has 3 heteroatoms. The molecule has 0 unspecified atom stereocenters. The highest BCUT2D eigenvalue weighted by molar-refractivity contribution is 5.20. The SMILES string of the molecule is Cc1ccc(C(C)(C)C)o1.O=C=O. The third-order valence-corrected chi connectivity index (χ3v) is 1.48. The standard InChI is InChI=1S/C9H14O.CO2/c1-7-5-6-8(10-7)9(2,3)4;2-1-3/h5-6H,1-4H3;. The highest BCUT2D eigenvalue weighted by Crippen LogP contribution is 2.23. The molecule has 1 aromatic rings. The Kier molecular flexibility index (Phi) is 4.15. The Morgan fingerprint density at radius 3 is 1.85 bits per heavy atom. The lowest BCUT2D eigenvalue weighted by Crippen LogP contribution is -2.08. The van der Waals surface area contributed by atoms with E-state index in [-0.39, 0.29) is 11.6 Å². The average Bonchev–Trinajstić information content (AvgIpc) is 2.35. The molecule has 0 amide bonds. The Labute approximate surface area is 77.7 Å². The van der Waals surface area contributed by atoms with Crippen molar-refractivity contribution >= 4 is 6.15 Å². The summed E-state index contributed by atoms with van der Waals surface area (Å²) in [5.74, 6) is 2.05. The van der Waals surface area contributed by atoms with Crippen LogP contribution in [0.4, 0.5) is 0 Å². The lowest BCUT2D eigenvalue weighted by molar-refractivity contribution is -0.191. The molecule has 0 spiro atoms. The fraction of sp³-hybridized carbons (Fsp3) is 0.500. The fourth-order valence-corrected chi connectivity index (χ4v) is 0.838. The van der Waals surface area contributed by atoms with Crippen LogP contribution in [-0.4, -0.2) is 6.15 Å². The van der Waals surface area contributed by atoms with E-state index in [0.29, 0.717) is 0 Å². The Morgan fingerprint density at radius 2 is 1.69 bits per heavy atom. The fourth-order valence-electron chi connectivity index (χ4n) is 0.838. The van der Waals surface area contributed by atoms with Gasteiger partial charge in [0, 0.05) is 5.41 Å². The molecule has 0 saturated carbocycles. The van der Waals surface area contributed by atoms with Gasteiger partial charge in [0.1, 0.15) is 11.5 Å². The molecule has 0 fully saturated rings. The first-order valence-electron chi connectivity index (χ1n) is 3.98. The second-order valence-electron chi connectivity index (χ2n) is 3.74. The van der Waals surface area contributed by atoms with Gasteiger partial charge in [0.05, 0.1) is 0 Å². The van der Waals surface area contributed by atoms with E-state index in [4.69, 9.17) is 14.0 Å². The molecule has 0 aromatic carbocycles. The van der Waals surface area contributed by atoms with Crippen LogP contribution in [0.1, 0.15) is 32.3 Å². The lowest BCUT2D eigenvalue weighted by atomic mass is 9.94. The zero-order chi connectivity index (χ0) is 10.5. The van der Waals surface area contributed by atoms with Crippen LogP contribution in [0.15, 0.2) is 16.5 Å². The summed E-state index contributed by atoms with van der Waals surface area (Å²) in [5.41, 5.74) is 0.147. The van der Waals surface area contributed by atoms with Crippen molar-refractivity contribution in [3.05, 3.63) is 23.7 Å². The van der Waals surface area contributed by atoms with Crippen LogP contribution in [-0.2, 0) is 15.0 Å². The zero-order valence-corrected chi connectivity index (χ0v) is 8.38. The van der Waals surface area contributed by atoms with Gasteiger partial charge in [-0.2, -0.15) is 9.59 Å². The van der Waals surface area contributed by atoms with E-state index >= 15 is 0 Å². The van der Waals surface area contributed by atoms with Crippen LogP contribution in [0.2, 0.25) is 0 Å². The summed E-state index contributed by atoms with van der Waals surface area (Å²) in [4.78, 5) is 16.2. The largest absolute Gasteiger partial charge is 0.466 e. The molecule has 1 aromatic heterocycles. The summed E-state index contributed by atoms with van der Waals surface area (Å²) in [7, 11) is 0. The number of furan rings is 1. The minimum Gasteiger partial charge on any atom is -0.466 e. The van der Waals surface area contributed by atoms with Gasteiger partial charge in [0.2, 0.25) is 0 Å². The Morgan fingerprint density at radius 1 is 1.23 bits per heavy atom. The number of carbonyl (C=O) groups excluding carboxylic acids is 2. The molecule has 0 aliphatic carbocycles. The van der Waals surface area contributed by atoms with Crippen LogP contribution < -0.4 is 0 Å². The van der Waals surface area contributed by atoms with E-state index < -0.39 is 0 Å². The Hall–Kier alpha value is -1.34. The topological polar surface area (TPSA) is 47.3 Å². The summed E-state index contributed by atoms with van der Waals surface area (Å²) in [5, 5.41) is 0. The van der Waals surface area contributed by atoms with Crippen molar-refractivity contribution in [1.29, 1.82) is 0 Å². The van der Waals surface area contributed by atoms with Gasteiger partial charge < -0.3 is 4.42 Å². The minimum absolute atomic E-state index is 0.147. The highest BCUT2D eigenvalue weighted by atomic mass is 16.3. The number of hydrogen-bond acceptors (Lipinski definition) is 3. The van der Waals surface area contributed by atoms with Crippen molar-refractivity contribution in [3.8, 4) is 0 Å². The number of aryl methyl sites for hydroxylation is 1. The van der Waals surface area contributed by atoms with Crippen molar-refractivity contribution in [1.82, 2.24) is 0 Å². The minimum atomic E-state index is 0.147. The molecule has 1 heterocycles. The number of hydrogen-bond donors (Lipinski definition) is 0. The summed E-state index contributed by atoms with van der Waals surface area (Å²) in [6.07, 6.45) is 0.250. The van der Waals surface area contributed by atoms with Crippen LogP contribution in [0.5, 0.6) is 0 Å². The monoisotopic (exact) mass is 182 g/mol. The molecule has 0 aliphatic heterocycles. The zero-order valence-electron chi connectivity index (χ0n) is 8.38. The van der Waals surface area contributed by atoms with E-state index in [2.05, 4.69) is 20.8 Å². The quantitative estimate of drug-likeness (QED) is 0.618. The van der Waals surface area contributed by atoms with Crippen molar-refractivity contribution in [2.24, 2.45) is 0 Å². The smallest absolute Gasteiger partial charge is 0.373 e. The van der Waals surface area contributed by atoms with Crippen molar-refractivity contribution in [2.45, 2.75) is 33.1 Å². The summed E-state index contributed by atoms with van der Waals surface area (Å²) in [6, 6.07) is 4.04. The normalized spacial score (nSPS) is 9.85. The lowest BCUT2D eigenvalue weighted by Gasteiger charge is -2.13. The van der Waals surface area contributed by atoms with Gasteiger partial charge in [0.15, 0.2) is 0 Å². The van der Waals surface area contributed by atoms with Crippen LogP contribution >= 0.6 is 0 Å². The number of rotatable bonds is 0. The predicted molar refractivity (Wildman–Crippen MR) is 47.2 cm³/mol. The first-order chi connectivity index (χ1) is 5.91.